The Bertz CT molecular complexity index is 1360. The van der Waals surface area contributed by atoms with E-state index in [1.807, 2.05) is 45.9 Å². The molecule has 4 rings (SSSR count). The molecule has 0 aromatic heterocycles. The van der Waals surface area contributed by atoms with Crippen LogP contribution in [-0.4, -0.2) is 80.1 Å². The predicted molar refractivity (Wildman–Crippen MR) is 168 cm³/mol. The van der Waals surface area contributed by atoms with Gasteiger partial charge < -0.3 is 33.7 Å². The summed E-state index contributed by atoms with van der Waals surface area (Å²) in [7, 11) is 4.57. The largest absolute Gasteiger partial charge is 0.495 e. The Hall–Kier alpha value is -3.12. The zero-order chi connectivity index (χ0) is 33.3. The van der Waals surface area contributed by atoms with E-state index in [4.69, 9.17) is 35.3 Å². The molecule has 0 radical (unpaired) electrons. The number of methoxy groups -OCH3 is 2. The van der Waals surface area contributed by atoms with Crippen molar-refractivity contribution < 1.29 is 43.2 Å². The fourth-order valence-corrected chi connectivity index (χ4v) is 6.46. The Balaban J connectivity index is 1.79. The van der Waals surface area contributed by atoms with Gasteiger partial charge in [-0.25, -0.2) is 4.79 Å². The molecule has 0 aliphatic carbocycles. The van der Waals surface area contributed by atoms with Gasteiger partial charge in [-0.1, -0.05) is 56.2 Å². The van der Waals surface area contributed by atoms with E-state index in [1.165, 1.54) is 19.1 Å². The molecule has 1 aromatic carbocycles. The minimum atomic E-state index is -1.77. The number of alkyl carbamates (subject to hydrolysis) is 1. The van der Waals surface area contributed by atoms with Crippen molar-refractivity contribution in [2.45, 2.75) is 96.0 Å². The van der Waals surface area contributed by atoms with Gasteiger partial charge in [0.1, 0.15) is 34.7 Å². The molecule has 11 nitrogen and oxygen atoms in total. The monoisotopic (exact) mass is 648 g/mol. The lowest BCUT2D eigenvalue weighted by molar-refractivity contribution is -0.154. The van der Waals surface area contributed by atoms with Crippen molar-refractivity contribution in [3.05, 3.63) is 46.5 Å². The number of anilines is 1. The number of rotatable bonds is 5. The van der Waals surface area contributed by atoms with Crippen LogP contribution in [0.5, 0.6) is 5.75 Å². The van der Waals surface area contributed by atoms with Crippen molar-refractivity contribution in [2.24, 2.45) is 11.8 Å². The zero-order valence-corrected chi connectivity index (χ0v) is 28.0. The molecule has 3 unspecified atom stereocenters. The van der Waals surface area contributed by atoms with Crippen molar-refractivity contribution >= 4 is 35.3 Å². The first-order chi connectivity index (χ1) is 21.1. The molecule has 2 N–H and O–H groups in total. The summed E-state index contributed by atoms with van der Waals surface area (Å²) in [6.07, 6.45) is 1.84. The molecule has 248 valence electrons. The number of amides is 2. The van der Waals surface area contributed by atoms with Crippen LogP contribution in [0.15, 0.2) is 35.9 Å². The van der Waals surface area contributed by atoms with Gasteiger partial charge in [-0.2, -0.15) is 0 Å². The number of benzene rings is 1. The highest BCUT2D eigenvalue weighted by Crippen LogP contribution is 2.49. The number of aliphatic hydroxyl groups is 1. The van der Waals surface area contributed by atoms with Crippen LogP contribution < -0.4 is 15.0 Å². The van der Waals surface area contributed by atoms with Gasteiger partial charge in [0.05, 0.1) is 25.3 Å². The number of nitrogens with zero attached hydrogens (tertiary/aromatic N) is 1. The first-order valence-corrected chi connectivity index (χ1v) is 15.6. The van der Waals surface area contributed by atoms with Crippen LogP contribution in [0.25, 0.3) is 0 Å². The van der Waals surface area contributed by atoms with Crippen LogP contribution >= 0.6 is 11.6 Å². The molecule has 2 fully saturated rings. The number of esters is 1. The van der Waals surface area contributed by atoms with Gasteiger partial charge in [-0.3, -0.25) is 14.9 Å². The third-order valence-electron chi connectivity index (χ3n) is 8.80. The van der Waals surface area contributed by atoms with Crippen LogP contribution in [0, 0.1) is 11.8 Å². The molecule has 3 aliphatic heterocycles. The Morgan fingerprint density at radius 2 is 1.98 bits per heavy atom. The van der Waals surface area contributed by atoms with Crippen LogP contribution in [0.3, 0.4) is 0 Å². The number of epoxide rings is 1. The molecule has 7 atom stereocenters. The second-order valence-electron chi connectivity index (χ2n) is 12.9. The molecule has 2 amide bonds. The summed E-state index contributed by atoms with van der Waals surface area (Å²) >= 11 is 6.70. The van der Waals surface area contributed by atoms with E-state index in [0.717, 1.165) is 11.1 Å². The number of nitrogens with one attached hydrogen (secondary N) is 1. The highest BCUT2D eigenvalue weighted by molar-refractivity contribution is 6.35. The van der Waals surface area contributed by atoms with Crippen molar-refractivity contribution in [1.82, 2.24) is 5.32 Å². The van der Waals surface area contributed by atoms with Gasteiger partial charge in [0.2, 0.25) is 5.91 Å². The first kappa shape index (κ1) is 34.7. The van der Waals surface area contributed by atoms with Crippen LogP contribution in [0.2, 0.25) is 5.02 Å². The Morgan fingerprint density at radius 1 is 1.27 bits per heavy atom. The van der Waals surface area contributed by atoms with Crippen molar-refractivity contribution in [2.75, 3.05) is 26.2 Å². The lowest BCUT2D eigenvalue weighted by Crippen LogP contribution is -2.63. The number of hydrogen-bond donors (Lipinski definition) is 2. The number of allylic oxidation sites excluding steroid dienone is 3. The van der Waals surface area contributed by atoms with E-state index in [0.29, 0.717) is 17.9 Å². The number of hydrogen-bond acceptors (Lipinski definition) is 9. The molecule has 3 heterocycles. The summed E-state index contributed by atoms with van der Waals surface area (Å²) in [6, 6.07) is 3.64. The smallest absolute Gasteiger partial charge is 0.409 e. The van der Waals surface area contributed by atoms with Crippen molar-refractivity contribution in [1.29, 1.82) is 0 Å². The number of carbonyl (C=O) groups is 3. The molecule has 4 bridgehead atoms. The Labute approximate surface area is 269 Å². The quantitative estimate of drug-likeness (QED) is 0.344. The average Bonchev–Trinajstić information content (AvgIpc) is 3.65. The van der Waals surface area contributed by atoms with E-state index < -0.39 is 53.7 Å². The summed E-state index contributed by atoms with van der Waals surface area (Å²) in [5, 5.41) is 14.4. The molecular formula is C33H45ClN2O9. The zero-order valence-electron chi connectivity index (χ0n) is 27.2. The highest BCUT2D eigenvalue weighted by Gasteiger charge is 2.64. The van der Waals surface area contributed by atoms with Crippen molar-refractivity contribution in [3.8, 4) is 5.75 Å². The van der Waals surface area contributed by atoms with E-state index in [2.05, 4.69) is 5.32 Å². The lowest BCUT2D eigenvalue weighted by atomic mass is 9.83. The van der Waals surface area contributed by atoms with E-state index in [9.17, 15) is 19.5 Å². The molecule has 45 heavy (non-hydrogen) atoms. The average molecular weight is 649 g/mol. The lowest BCUT2D eigenvalue weighted by Gasteiger charge is -2.42. The maximum Gasteiger partial charge on any atom is 0.409 e. The topological polar surface area (TPSA) is 136 Å². The Kier molecular flexibility index (Phi) is 10.6. The summed E-state index contributed by atoms with van der Waals surface area (Å²) in [6.45, 7) is 9.36. The molecule has 0 spiro atoms. The van der Waals surface area contributed by atoms with E-state index in [-0.39, 0.29) is 36.1 Å². The highest BCUT2D eigenvalue weighted by atomic mass is 35.5. The van der Waals surface area contributed by atoms with Gasteiger partial charge in [-0.15, -0.1) is 0 Å². The normalized spacial score (nSPS) is 34.2. The summed E-state index contributed by atoms with van der Waals surface area (Å²) in [5.41, 5.74) is -0.578. The van der Waals surface area contributed by atoms with Gasteiger partial charge in [0.25, 0.3) is 0 Å². The molecule has 12 heteroatoms. The summed E-state index contributed by atoms with van der Waals surface area (Å²) in [5.74, 6) is -0.779. The van der Waals surface area contributed by atoms with E-state index in [1.54, 1.807) is 26.1 Å². The third-order valence-corrected chi connectivity index (χ3v) is 9.18. The maximum atomic E-state index is 13.8. The van der Waals surface area contributed by atoms with Crippen LogP contribution in [0.1, 0.15) is 59.4 Å². The summed E-state index contributed by atoms with van der Waals surface area (Å²) < 4.78 is 28.9. The number of carbonyl (C=O) groups excluding carboxylic acids is 3. The molecule has 0 saturated carbocycles. The van der Waals surface area contributed by atoms with Crippen LogP contribution in [0.4, 0.5) is 10.5 Å². The molecular weight excluding hydrogens is 604 g/mol. The fraction of sp³-hybridized carbons (Fsp3) is 0.606. The Morgan fingerprint density at radius 3 is 2.62 bits per heavy atom. The second-order valence-corrected chi connectivity index (χ2v) is 13.3. The number of fused-ring (bicyclic) bond motifs is 5. The van der Waals surface area contributed by atoms with Gasteiger partial charge >= 0.3 is 12.1 Å². The molecule has 2 saturated heterocycles. The van der Waals surface area contributed by atoms with Gasteiger partial charge in [0, 0.05) is 32.9 Å². The predicted octanol–water partition coefficient (Wildman–Crippen LogP) is 4.71. The van der Waals surface area contributed by atoms with Crippen molar-refractivity contribution in [3.63, 3.8) is 0 Å². The van der Waals surface area contributed by atoms with E-state index >= 15 is 0 Å². The van der Waals surface area contributed by atoms with Gasteiger partial charge in [-0.05, 0) is 43.9 Å². The fourth-order valence-electron chi connectivity index (χ4n) is 6.15. The molecule has 3 aliphatic rings. The van der Waals surface area contributed by atoms with Gasteiger partial charge in [0.15, 0.2) is 5.72 Å². The number of halogens is 1. The minimum absolute atomic E-state index is 0.00495. The summed E-state index contributed by atoms with van der Waals surface area (Å²) in [4.78, 5) is 40.9. The SMILES string of the molecule is COc1cc2cc(c1Cl)N(C)C(=O)C[C@H](OC(=O)CC(C)C)C1(C)OC1[C@H](C)C1C[C@@](O)(NC(=O)O1)[C@H](OC)/C=C/C=C(\C)C2. The number of ether oxygens (including phenoxy) is 5. The molecule has 1 aromatic rings. The third kappa shape index (κ3) is 7.65. The standard InChI is InChI=1S/C33H45ClN2O9/c1-18(2)12-28(38)44-26-16-27(37)36(6)22-14-21(15-23(41-7)29(22)34)13-19(3)10-9-11-25(42-8)33(40)17-24(43-31(39)35-33)20(4)30-32(26,5)45-30/h9-11,14-15,18,20,24-26,30,40H,12-13,16-17H2,1-8H3,(H,35,39)/b11-9+,19-10+/t20-,24?,25-,26+,30?,32?,33+/m1/s1. The minimum Gasteiger partial charge on any atom is -0.495 e. The second kappa shape index (κ2) is 13.7. The van der Waals surface area contributed by atoms with Crippen LogP contribution in [-0.2, 0) is 35.0 Å². The maximum absolute atomic E-state index is 13.8. The first-order valence-electron chi connectivity index (χ1n) is 15.2.